The number of nitrogens with two attached hydrogens (primary N) is 1. The van der Waals surface area contributed by atoms with Crippen LogP contribution in [0.15, 0.2) is 17.0 Å². The van der Waals surface area contributed by atoms with Crippen LogP contribution < -0.4 is 5.73 Å². The maximum absolute atomic E-state index is 13.7. The van der Waals surface area contributed by atoms with E-state index in [0.29, 0.717) is 0 Å². The summed E-state index contributed by atoms with van der Waals surface area (Å²) in [5.41, 5.74) is 5.58. The van der Waals surface area contributed by atoms with Crippen molar-refractivity contribution in [3.05, 3.63) is 23.5 Å². The van der Waals surface area contributed by atoms with Crippen molar-refractivity contribution >= 4 is 15.7 Å². The lowest BCUT2D eigenvalue weighted by molar-refractivity contribution is 0.0109. The number of nitrogen functional groups attached to an aromatic ring is 1. The Balaban J connectivity index is 2.49. The highest BCUT2D eigenvalue weighted by atomic mass is 32.2. The molecular weight excluding hydrogens is 287 g/mol. The van der Waals surface area contributed by atoms with Crippen molar-refractivity contribution in [1.82, 2.24) is 4.31 Å². The van der Waals surface area contributed by atoms with E-state index in [9.17, 15) is 17.9 Å². The standard InChI is InChI=1S/C12H17FN2O4S/c1-8-11(13)4-9(14)5-12(8)20(17,18)15-2-3-19-7-10(15)6-16/h4-5,10,16H,2-3,6-7,14H2,1H3. The van der Waals surface area contributed by atoms with Gasteiger partial charge in [-0.25, -0.2) is 12.8 Å². The molecule has 0 radical (unpaired) electrons. The molecule has 1 heterocycles. The van der Waals surface area contributed by atoms with Crippen LogP contribution in [0.2, 0.25) is 0 Å². The first-order chi connectivity index (χ1) is 9.37. The summed E-state index contributed by atoms with van der Waals surface area (Å²) in [6, 6.07) is 1.65. The van der Waals surface area contributed by atoms with Crippen LogP contribution in [0.5, 0.6) is 0 Å². The summed E-state index contributed by atoms with van der Waals surface area (Å²) in [7, 11) is -3.93. The molecule has 1 unspecified atom stereocenters. The highest BCUT2D eigenvalue weighted by molar-refractivity contribution is 7.89. The van der Waals surface area contributed by atoms with E-state index in [0.717, 1.165) is 10.4 Å². The van der Waals surface area contributed by atoms with Gasteiger partial charge in [-0.2, -0.15) is 4.31 Å². The number of halogens is 1. The Hall–Kier alpha value is -1.22. The van der Waals surface area contributed by atoms with E-state index in [1.54, 1.807) is 0 Å². The molecule has 0 bridgehead atoms. The normalized spacial score (nSPS) is 21.1. The average Bonchev–Trinajstić information content (AvgIpc) is 2.42. The third-order valence-corrected chi connectivity index (χ3v) is 5.37. The van der Waals surface area contributed by atoms with Crippen LogP contribution in [0.1, 0.15) is 5.56 Å². The van der Waals surface area contributed by atoms with Gasteiger partial charge >= 0.3 is 0 Å². The topological polar surface area (TPSA) is 92.9 Å². The number of benzene rings is 1. The van der Waals surface area contributed by atoms with Gasteiger partial charge < -0.3 is 15.6 Å². The minimum Gasteiger partial charge on any atom is -0.399 e. The Bertz CT molecular complexity index is 606. The van der Waals surface area contributed by atoms with E-state index in [1.165, 1.54) is 13.0 Å². The van der Waals surface area contributed by atoms with Crippen molar-refractivity contribution in [2.24, 2.45) is 0 Å². The lowest BCUT2D eigenvalue weighted by Gasteiger charge is -2.33. The summed E-state index contributed by atoms with van der Waals surface area (Å²) in [5.74, 6) is -0.669. The minimum absolute atomic E-state index is 0.0161. The van der Waals surface area contributed by atoms with Crippen LogP contribution in [0, 0.1) is 12.7 Å². The predicted octanol–water partition coefficient (Wildman–Crippen LogP) is 0.0981. The Labute approximate surface area is 117 Å². The monoisotopic (exact) mass is 304 g/mol. The van der Waals surface area contributed by atoms with Gasteiger partial charge in [-0.1, -0.05) is 0 Å². The Morgan fingerprint density at radius 1 is 1.55 bits per heavy atom. The lowest BCUT2D eigenvalue weighted by atomic mass is 10.2. The molecule has 1 aromatic rings. The molecule has 1 aliphatic heterocycles. The quantitative estimate of drug-likeness (QED) is 0.773. The third kappa shape index (κ3) is 2.64. The molecule has 0 saturated carbocycles. The average molecular weight is 304 g/mol. The molecule has 1 aliphatic rings. The summed E-state index contributed by atoms with van der Waals surface area (Å²) in [6.45, 7) is 1.49. The molecule has 0 amide bonds. The van der Waals surface area contributed by atoms with Crippen LogP contribution in [0.4, 0.5) is 10.1 Å². The fourth-order valence-corrected chi connectivity index (χ4v) is 4.02. The molecule has 0 spiro atoms. The van der Waals surface area contributed by atoms with Crippen molar-refractivity contribution in [1.29, 1.82) is 0 Å². The molecule has 8 heteroatoms. The van der Waals surface area contributed by atoms with Crippen molar-refractivity contribution < 1.29 is 22.7 Å². The number of ether oxygens (including phenoxy) is 1. The zero-order valence-corrected chi connectivity index (χ0v) is 11.9. The Morgan fingerprint density at radius 3 is 2.90 bits per heavy atom. The van der Waals surface area contributed by atoms with Crippen LogP contribution in [-0.4, -0.2) is 50.2 Å². The number of hydrogen-bond acceptors (Lipinski definition) is 5. The summed E-state index contributed by atoms with van der Waals surface area (Å²) >= 11 is 0. The molecule has 3 N–H and O–H groups in total. The number of sulfonamides is 1. The van der Waals surface area contributed by atoms with E-state index < -0.39 is 21.9 Å². The Kier molecular flexibility index (Phi) is 4.28. The zero-order chi connectivity index (χ0) is 14.9. The van der Waals surface area contributed by atoms with E-state index in [4.69, 9.17) is 10.5 Å². The van der Waals surface area contributed by atoms with E-state index in [1.807, 2.05) is 0 Å². The number of morpholine rings is 1. The number of rotatable bonds is 3. The van der Waals surface area contributed by atoms with Gasteiger partial charge in [-0.05, 0) is 19.1 Å². The van der Waals surface area contributed by atoms with Crippen LogP contribution in [-0.2, 0) is 14.8 Å². The predicted molar refractivity (Wildman–Crippen MR) is 71.1 cm³/mol. The molecule has 1 aromatic carbocycles. The second kappa shape index (κ2) is 5.65. The molecule has 0 aliphatic carbocycles. The first-order valence-corrected chi connectivity index (χ1v) is 7.58. The van der Waals surface area contributed by atoms with Gasteiger partial charge in [-0.3, -0.25) is 0 Å². The largest absolute Gasteiger partial charge is 0.399 e. The van der Waals surface area contributed by atoms with Crippen LogP contribution >= 0.6 is 0 Å². The van der Waals surface area contributed by atoms with Crippen molar-refractivity contribution in [3.8, 4) is 0 Å². The van der Waals surface area contributed by atoms with Gasteiger partial charge in [0, 0.05) is 17.8 Å². The van der Waals surface area contributed by atoms with E-state index in [-0.39, 0.29) is 42.5 Å². The zero-order valence-electron chi connectivity index (χ0n) is 11.0. The highest BCUT2D eigenvalue weighted by Gasteiger charge is 2.35. The van der Waals surface area contributed by atoms with Gasteiger partial charge in [-0.15, -0.1) is 0 Å². The number of aliphatic hydroxyl groups is 1. The van der Waals surface area contributed by atoms with Gasteiger partial charge in [0.25, 0.3) is 0 Å². The minimum atomic E-state index is -3.93. The van der Waals surface area contributed by atoms with Crippen LogP contribution in [0.3, 0.4) is 0 Å². The molecule has 1 saturated heterocycles. The lowest BCUT2D eigenvalue weighted by Crippen LogP contribution is -2.50. The van der Waals surface area contributed by atoms with Crippen molar-refractivity contribution in [2.45, 2.75) is 17.9 Å². The van der Waals surface area contributed by atoms with Crippen molar-refractivity contribution in [2.75, 3.05) is 32.1 Å². The summed E-state index contributed by atoms with van der Waals surface area (Å²) < 4.78 is 45.2. The molecule has 20 heavy (non-hydrogen) atoms. The maximum Gasteiger partial charge on any atom is 0.244 e. The summed E-state index contributed by atoms with van der Waals surface area (Å²) in [5, 5.41) is 9.27. The SMILES string of the molecule is Cc1c(F)cc(N)cc1S(=O)(=O)N1CCOCC1CO. The molecule has 1 fully saturated rings. The van der Waals surface area contributed by atoms with Gasteiger partial charge in [0.1, 0.15) is 5.82 Å². The molecular formula is C12H17FN2O4S. The first kappa shape index (κ1) is 15.2. The summed E-state index contributed by atoms with van der Waals surface area (Å²) in [4.78, 5) is -0.171. The molecule has 112 valence electrons. The van der Waals surface area contributed by atoms with Crippen LogP contribution in [0.25, 0.3) is 0 Å². The Morgan fingerprint density at radius 2 is 2.25 bits per heavy atom. The molecule has 0 aromatic heterocycles. The summed E-state index contributed by atoms with van der Waals surface area (Å²) in [6.07, 6.45) is 0. The van der Waals surface area contributed by atoms with E-state index >= 15 is 0 Å². The van der Waals surface area contributed by atoms with Gasteiger partial charge in [0.2, 0.25) is 10.0 Å². The molecule has 1 atom stereocenters. The number of aliphatic hydroxyl groups excluding tert-OH is 1. The fraction of sp³-hybridized carbons (Fsp3) is 0.500. The molecule has 6 nitrogen and oxygen atoms in total. The first-order valence-electron chi connectivity index (χ1n) is 6.14. The number of hydrogen-bond donors (Lipinski definition) is 2. The smallest absolute Gasteiger partial charge is 0.244 e. The molecule has 2 rings (SSSR count). The second-order valence-corrected chi connectivity index (χ2v) is 6.51. The third-order valence-electron chi connectivity index (χ3n) is 3.29. The fourth-order valence-electron chi connectivity index (χ4n) is 2.17. The van der Waals surface area contributed by atoms with Crippen molar-refractivity contribution in [3.63, 3.8) is 0 Å². The number of nitrogens with zero attached hydrogens (tertiary/aromatic N) is 1. The van der Waals surface area contributed by atoms with Gasteiger partial charge in [0.05, 0.1) is 30.8 Å². The van der Waals surface area contributed by atoms with Gasteiger partial charge in [0.15, 0.2) is 0 Å². The maximum atomic E-state index is 13.7. The number of anilines is 1. The van der Waals surface area contributed by atoms with E-state index in [2.05, 4.69) is 0 Å². The second-order valence-electron chi connectivity index (χ2n) is 4.65. The highest BCUT2D eigenvalue weighted by Crippen LogP contribution is 2.27.